The van der Waals surface area contributed by atoms with Crippen LogP contribution in [-0.4, -0.2) is 58.0 Å². The first-order valence-corrected chi connectivity index (χ1v) is 8.40. The average Bonchev–Trinajstić information content (AvgIpc) is 2.90. The number of imide groups is 2. The number of nitrogens with zero attached hydrogens (tertiary/aromatic N) is 2. The lowest BCUT2D eigenvalue weighted by molar-refractivity contribution is -0.138. The molecule has 4 amide bonds. The lowest BCUT2D eigenvalue weighted by atomic mass is 10.5. The molecular weight excluding hydrogens is 300 g/mol. The summed E-state index contributed by atoms with van der Waals surface area (Å²) in [6, 6.07) is 0. The van der Waals surface area contributed by atoms with Crippen molar-refractivity contribution in [2.24, 2.45) is 0 Å². The zero-order valence-electron chi connectivity index (χ0n) is 10.5. The minimum atomic E-state index is -0.278. The molecule has 2 heterocycles. The molecule has 0 bridgehead atoms. The number of carbonyl (C=O) groups is 4. The summed E-state index contributed by atoms with van der Waals surface area (Å²) in [7, 11) is 3.01. The molecule has 0 spiro atoms. The number of carbonyl (C=O) groups excluding carboxylic acids is 4. The molecule has 2 rings (SSSR count). The maximum atomic E-state index is 11.3. The lowest BCUT2D eigenvalue weighted by Crippen LogP contribution is -2.32. The molecule has 0 radical (unpaired) electrons. The van der Waals surface area contributed by atoms with Gasteiger partial charge >= 0.3 is 0 Å². The third-order valence-corrected chi connectivity index (χ3v) is 5.05. The van der Waals surface area contributed by atoms with Crippen LogP contribution in [-0.2, 0) is 19.2 Å². The van der Waals surface area contributed by atoms with E-state index in [1.54, 1.807) is 0 Å². The van der Waals surface area contributed by atoms with E-state index in [2.05, 4.69) is 0 Å². The largest absolute Gasteiger partial charge is 0.275 e. The monoisotopic (exact) mass is 312 g/mol. The van der Waals surface area contributed by atoms with Gasteiger partial charge in [-0.3, -0.25) is 29.0 Å². The molecule has 0 aromatic carbocycles. The molecule has 106 valence electrons. The summed E-state index contributed by atoms with van der Waals surface area (Å²) in [4.78, 5) is 47.4. The van der Waals surface area contributed by atoms with Crippen molar-refractivity contribution >= 4 is 45.2 Å². The summed E-state index contributed by atoms with van der Waals surface area (Å²) in [5.74, 6) is 0.119. The molecule has 0 unspecified atom stereocenters. The van der Waals surface area contributed by atoms with Crippen molar-refractivity contribution in [3.63, 3.8) is 0 Å². The standard InChI is InChI=1S/C12H12N2O4S2/c15-9-1-2-10(16)13(9)5-7-19-20-8-6-14-11(17)3-4-12(14)18/h1-4H,5-8H2. The molecule has 6 nitrogen and oxygen atoms in total. The van der Waals surface area contributed by atoms with Crippen molar-refractivity contribution in [3.05, 3.63) is 24.3 Å². The van der Waals surface area contributed by atoms with Crippen molar-refractivity contribution in [2.45, 2.75) is 0 Å². The Bertz CT molecular complexity index is 434. The van der Waals surface area contributed by atoms with E-state index < -0.39 is 0 Å². The third kappa shape index (κ3) is 3.51. The molecule has 2 aliphatic rings. The van der Waals surface area contributed by atoms with Crippen molar-refractivity contribution < 1.29 is 19.2 Å². The van der Waals surface area contributed by atoms with Gasteiger partial charge in [-0.25, -0.2) is 0 Å². The van der Waals surface area contributed by atoms with Crippen molar-refractivity contribution in [3.8, 4) is 0 Å². The maximum absolute atomic E-state index is 11.3. The van der Waals surface area contributed by atoms with Crippen LogP contribution >= 0.6 is 21.6 Å². The van der Waals surface area contributed by atoms with E-state index in [1.807, 2.05) is 0 Å². The second-order valence-electron chi connectivity index (χ2n) is 3.97. The first-order chi connectivity index (χ1) is 9.59. The average molecular weight is 312 g/mol. The highest BCUT2D eigenvalue weighted by atomic mass is 33.1. The summed E-state index contributed by atoms with van der Waals surface area (Å²) in [6.45, 7) is 0.733. The fraction of sp³-hybridized carbons (Fsp3) is 0.333. The Morgan fingerprint density at radius 3 is 1.25 bits per heavy atom. The minimum Gasteiger partial charge on any atom is -0.275 e. The van der Waals surface area contributed by atoms with Gasteiger partial charge in [-0.05, 0) is 0 Å². The Balaban J connectivity index is 1.56. The van der Waals surface area contributed by atoms with Gasteiger partial charge in [0.1, 0.15) is 0 Å². The molecule has 20 heavy (non-hydrogen) atoms. The van der Waals surface area contributed by atoms with Crippen LogP contribution in [0.4, 0.5) is 0 Å². The zero-order valence-corrected chi connectivity index (χ0v) is 12.1. The normalized spacial score (nSPS) is 18.0. The van der Waals surface area contributed by atoms with Crippen LogP contribution in [0.15, 0.2) is 24.3 Å². The second kappa shape index (κ2) is 6.76. The maximum Gasteiger partial charge on any atom is 0.253 e. The van der Waals surface area contributed by atoms with Gasteiger partial charge in [0.15, 0.2) is 0 Å². The Morgan fingerprint density at radius 2 is 0.950 bits per heavy atom. The molecule has 0 saturated heterocycles. The fourth-order valence-electron chi connectivity index (χ4n) is 1.68. The lowest BCUT2D eigenvalue weighted by Gasteiger charge is -2.14. The van der Waals surface area contributed by atoms with E-state index in [4.69, 9.17) is 0 Å². The van der Waals surface area contributed by atoms with Gasteiger partial charge in [0, 0.05) is 48.9 Å². The van der Waals surface area contributed by atoms with E-state index in [-0.39, 0.29) is 23.6 Å². The van der Waals surface area contributed by atoms with E-state index in [1.165, 1.54) is 55.7 Å². The van der Waals surface area contributed by atoms with Crippen LogP contribution < -0.4 is 0 Å². The molecule has 2 aliphatic heterocycles. The molecular formula is C12H12N2O4S2. The minimum absolute atomic E-state index is 0.278. The molecule has 0 N–H and O–H groups in total. The first-order valence-electron chi connectivity index (χ1n) is 5.91. The van der Waals surface area contributed by atoms with Gasteiger partial charge in [0.2, 0.25) is 0 Å². The molecule has 0 saturated carbocycles. The Labute approximate surface area is 123 Å². The Kier molecular flexibility index (Phi) is 5.02. The van der Waals surface area contributed by atoms with Crippen LogP contribution in [0, 0.1) is 0 Å². The summed E-state index contributed by atoms with van der Waals surface area (Å²) < 4.78 is 0. The van der Waals surface area contributed by atoms with Gasteiger partial charge in [0.05, 0.1) is 0 Å². The van der Waals surface area contributed by atoms with E-state index in [0.29, 0.717) is 24.6 Å². The van der Waals surface area contributed by atoms with Crippen LogP contribution in [0.25, 0.3) is 0 Å². The van der Waals surface area contributed by atoms with Crippen LogP contribution in [0.2, 0.25) is 0 Å². The highest BCUT2D eigenvalue weighted by Crippen LogP contribution is 2.22. The second-order valence-corrected chi connectivity index (χ2v) is 6.67. The fourth-order valence-corrected chi connectivity index (χ4v) is 3.58. The number of hydrogen-bond donors (Lipinski definition) is 0. The SMILES string of the molecule is O=C1C=CC(=O)N1CCSSCCN1C(=O)C=CC1=O. The molecule has 0 atom stereocenters. The Morgan fingerprint density at radius 1 is 0.650 bits per heavy atom. The van der Waals surface area contributed by atoms with Crippen molar-refractivity contribution in [1.29, 1.82) is 0 Å². The molecule has 8 heteroatoms. The molecule has 0 aliphatic carbocycles. The number of rotatable bonds is 7. The Hall–Kier alpha value is -1.54. The predicted octanol–water partition coefficient (Wildman–Crippen LogP) is 0.218. The topological polar surface area (TPSA) is 74.8 Å². The predicted molar refractivity (Wildman–Crippen MR) is 76.6 cm³/mol. The van der Waals surface area contributed by atoms with Gasteiger partial charge in [-0.1, -0.05) is 21.6 Å². The highest BCUT2D eigenvalue weighted by molar-refractivity contribution is 8.76. The zero-order chi connectivity index (χ0) is 14.5. The van der Waals surface area contributed by atoms with Crippen molar-refractivity contribution in [1.82, 2.24) is 9.80 Å². The van der Waals surface area contributed by atoms with Gasteiger partial charge in [-0.15, -0.1) is 0 Å². The first kappa shape index (κ1) is 14.9. The van der Waals surface area contributed by atoms with Crippen molar-refractivity contribution in [2.75, 3.05) is 24.6 Å². The smallest absolute Gasteiger partial charge is 0.253 e. The third-order valence-electron chi connectivity index (χ3n) is 2.68. The van der Waals surface area contributed by atoms with Gasteiger partial charge in [0.25, 0.3) is 23.6 Å². The molecule has 0 aromatic rings. The van der Waals surface area contributed by atoms with Crippen LogP contribution in [0.5, 0.6) is 0 Å². The number of hydrogen-bond acceptors (Lipinski definition) is 6. The van der Waals surface area contributed by atoms with Gasteiger partial charge < -0.3 is 0 Å². The van der Waals surface area contributed by atoms with E-state index in [0.717, 1.165) is 0 Å². The van der Waals surface area contributed by atoms with Gasteiger partial charge in [-0.2, -0.15) is 0 Å². The quantitative estimate of drug-likeness (QED) is 0.380. The summed E-state index contributed by atoms with van der Waals surface area (Å²) in [5.41, 5.74) is 0. The molecule has 0 fully saturated rings. The van der Waals surface area contributed by atoms with E-state index in [9.17, 15) is 19.2 Å². The highest BCUT2D eigenvalue weighted by Gasteiger charge is 2.23. The summed E-state index contributed by atoms with van der Waals surface area (Å²) in [5, 5.41) is 0. The summed E-state index contributed by atoms with van der Waals surface area (Å²) >= 11 is 0. The van der Waals surface area contributed by atoms with E-state index >= 15 is 0 Å². The van der Waals surface area contributed by atoms with Crippen LogP contribution in [0.3, 0.4) is 0 Å². The number of amides is 4. The van der Waals surface area contributed by atoms with Crippen LogP contribution in [0.1, 0.15) is 0 Å². The summed E-state index contributed by atoms with van der Waals surface area (Å²) in [6.07, 6.45) is 5.05. The molecule has 0 aromatic heterocycles.